The van der Waals surface area contributed by atoms with Crippen molar-refractivity contribution in [1.29, 1.82) is 0 Å². The smallest absolute Gasteiger partial charge is 0.303 e. The Balaban J connectivity index is 1.93. The van der Waals surface area contributed by atoms with Crippen molar-refractivity contribution in [1.82, 2.24) is 15.5 Å². The number of hydrogen-bond acceptors (Lipinski definition) is 4. The largest absolute Gasteiger partial charge is 0.497 e. The number of methoxy groups -OCH3 is 1. The van der Waals surface area contributed by atoms with Crippen molar-refractivity contribution in [3.8, 4) is 17.0 Å². The summed E-state index contributed by atoms with van der Waals surface area (Å²) in [6, 6.07) is 7.75. The lowest BCUT2D eigenvalue weighted by Crippen LogP contribution is -2.15. The lowest BCUT2D eigenvalue weighted by atomic mass is 10.1. The predicted octanol–water partition coefficient (Wildman–Crippen LogP) is 2.04. The molecule has 1 aromatic carbocycles. The number of hydrogen-bond donors (Lipinski definition) is 3. The number of carboxylic acid groups (broad SMARTS) is 1. The highest BCUT2D eigenvalue weighted by molar-refractivity contribution is 5.66. The number of aromatic amines is 1. The third-order valence-electron chi connectivity index (χ3n) is 3.16. The predicted molar refractivity (Wildman–Crippen MR) is 79.2 cm³/mol. The van der Waals surface area contributed by atoms with Gasteiger partial charge in [0.25, 0.3) is 0 Å². The molecule has 3 N–H and O–H groups in total. The lowest BCUT2D eigenvalue weighted by Gasteiger charge is -2.06. The Kier molecular flexibility index (Phi) is 5.34. The fraction of sp³-hybridized carbons (Fsp3) is 0.333. The lowest BCUT2D eigenvalue weighted by molar-refractivity contribution is -0.137. The van der Waals surface area contributed by atoms with Crippen LogP contribution in [0.5, 0.6) is 5.75 Å². The highest BCUT2D eigenvalue weighted by Crippen LogP contribution is 2.23. The van der Waals surface area contributed by atoms with Crippen molar-refractivity contribution in [2.24, 2.45) is 0 Å². The molecular formula is C15H19N3O3. The standard InChI is InChI=1S/C15H19N3O3/c1-21-13-6-4-11(5-7-13)15-12(10-17-18-15)9-16-8-2-3-14(19)20/h4-7,10,16H,2-3,8-9H2,1H3,(H,17,18)(H,19,20). The molecule has 0 saturated heterocycles. The molecule has 21 heavy (non-hydrogen) atoms. The van der Waals surface area contributed by atoms with Gasteiger partial charge < -0.3 is 15.2 Å². The SMILES string of the molecule is COc1ccc(-c2[nH]ncc2CNCCCC(=O)O)cc1. The van der Waals surface area contributed by atoms with Gasteiger partial charge in [0.15, 0.2) is 0 Å². The fourth-order valence-corrected chi connectivity index (χ4v) is 2.04. The Hall–Kier alpha value is -2.34. The van der Waals surface area contributed by atoms with Gasteiger partial charge in [0.05, 0.1) is 19.0 Å². The number of nitrogens with zero attached hydrogens (tertiary/aromatic N) is 1. The summed E-state index contributed by atoms with van der Waals surface area (Å²) in [5.74, 6) is 0.0469. The van der Waals surface area contributed by atoms with Crippen LogP contribution in [0.4, 0.5) is 0 Å². The van der Waals surface area contributed by atoms with E-state index in [4.69, 9.17) is 9.84 Å². The van der Waals surface area contributed by atoms with Crippen molar-refractivity contribution < 1.29 is 14.6 Å². The number of carbonyl (C=O) groups is 1. The summed E-state index contributed by atoms with van der Waals surface area (Å²) in [6.45, 7) is 1.32. The maximum atomic E-state index is 10.4. The van der Waals surface area contributed by atoms with Crippen LogP contribution in [0.2, 0.25) is 0 Å². The number of nitrogens with one attached hydrogen (secondary N) is 2. The molecule has 2 rings (SSSR count). The van der Waals surface area contributed by atoms with Crippen LogP contribution in [-0.4, -0.2) is 34.9 Å². The quantitative estimate of drug-likeness (QED) is 0.647. The second-order valence-electron chi connectivity index (χ2n) is 4.67. The van der Waals surface area contributed by atoms with Crippen molar-refractivity contribution in [2.75, 3.05) is 13.7 Å². The second kappa shape index (κ2) is 7.44. The van der Waals surface area contributed by atoms with Crippen LogP contribution in [-0.2, 0) is 11.3 Å². The minimum absolute atomic E-state index is 0.184. The zero-order valence-electron chi connectivity index (χ0n) is 11.9. The summed E-state index contributed by atoms with van der Waals surface area (Å²) in [5, 5.41) is 18.9. The molecule has 2 aromatic rings. The molecule has 6 heteroatoms. The van der Waals surface area contributed by atoms with Crippen molar-refractivity contribution in [3.63, 3.8) is 0 Å². The normalized spacial score (nSPS) is 10.5. The summed E-state index contributed by atoms with van der Waals surface area (Å²) in [7, 11) is 1.64. The maximum Gasteiger partial charge on any atom is 0.303 e. The van der Waals surface area contributed by atoms with Crippen molar-refractivity contribution in [3.05, 3.63) is 36.0 Å². The topological polar surface area (TPSA) is 87.2 Å². The minimum Gasteiger partial charge on any atom is -0.497 e. The molecule has 0 radical (unpaired) electrons. The van der Waals surface area contributed by atoms with Crippen LogP contribution in [0.1, 0.15) is 18.4 Å². The molecule has 0 aliphatic heterocycles. The molecule has 1 heterocycles. The third-order valence-corrected chi connectivity index (χ3v) is 3.16. The molecule has 0 unspecified atom stereocenters. The number of carboxylic acids is 1. The highest BCUT2D eigenvalue weighted by atomic mass is 16.5. The molecule has 112 valence electrons. The van der Waals surface area contributed by atoms with Crippen LogP contribution < -0.4 is 10.1 Å². The monoisotopic (exact) mass is 289 g/mol. The van der Waals surface area contributed by atoms with Crippen LogP contribution >= 0.6 is 0 Å². The summed E-state index contributed by atoms with van der Waals surface area (Å²) < 4.78 is 5.14. The van der Waals surface area contributed by atoms with E-state index >= 15 is 0 Å². The van der Waals surface area contributed by atoms with E-state index in [-0.39, 0.29) is 6.42 Å². The summed E-state index contributed by atoms with van der Waals surface area (Å²) in [4.78, 5) is 10.4. The first-order valence-electron chi connectivity index (χ1n) is 6.80. The molecule has 0 aliphatic carbocycles. The molecule has 0 bridgehead atoms. The van der Waals surface area contributed by atoms with Crippen LogP contribution in [0, 0.1) is 0 Å². The van der Waals surface area contributed by atoms with Crippen LogP contribution in [0.25, 0.3) is 11.3 Å². The Bertz CT molecular complexity index is 578. The molecular weight excluding hydrogens is 270 g/mol. The van der Waals surface area contributed by atoms with Gasteiger partial charge in [0.1, 0.15) is 5.75 Å². The number of aliphatic carboxylic acids is 1. The average Bonchev–Trinajstić information content (AvgIpc) is 2.95. The average molecular weight is 289 g/mol. The van der Waals surface area contributed by atoms with Crippen molar-refractivity contribution >= 4 is 5.97 Å². The third kappa shape index (κ3) is 4.32. The molecule has 0 atom stereocenters. The second-order valence-corrected chi connectivity index (χ2v) is 4.67. The van der Waals surface area contributed by atoms with Gasteiger partial charge in [0.2, 0.25) is 0 Å². The van der Waals surface area contributed by atoms with Gasteiger partial charge in [0, 0.05) is 24.1 Å². The van der Waals surface area contributed by atoms with Gasteiger partial charge in [-0.2, -0.15) is 5.10 Å². The Morgan fingerprint density at radius 3 is 2.81 bits per heavy atom. The van der Waals surface area contributed by atoms with E-state index < -0.39 is 5.97 Å². The number of benzene rings is 1. The minimum atomic E-state index is -0.765. The summed E-state index contributed by atoms with van der Waals surface area (Å²) in [5.41, 5.74) is 3.05. The van der Waals surface area contributed by atoms with E-state index in [2.05, 4.69) is 15.5 Å². The first kappa shape index (κ1) is 15.1. The maximum absolute atomic E-state index is 10.4. The molecule has 0 amide bonds. The zero-order valence-corrected chi connectivity index (χ0v) is 11.9. The van der Waals surface area contributed by atoms with Gasteiger partial charge in [-0.1, -0.05) is 0 Å². The Morgan fingerprint density at radius 1 is 1.38 bits per heavy atom. The molecule has 0 saturated carbocycles. The van der Waals surface area contributed by atoms with E-state index in [1.807, 2.05) is 24.3 Å². The van der Waals surface area contributed by atoms with E-state index in [0.717, 1.165) is 22.6 Å². The summed E-state index contributed by atoms with van der Waals surface area (Å²) in [6.07, 6.45) is 2.58. The van der Waals surface area contributed by atoms with Crippen molar-refractivity contribution in [2.45, 2.75) is 19.4 Å². The molecule has 1 aromatic heterocycles. The van der Waals surface area contributed by atoms with E-state index in [1.54, 1.807) is 13.3 Å². The summed E-state index contributed by atoms with van der Waals surface area (Å²) >= 11 is 0. The van der Waals surface area contributed by atoms with Gasteiger partial charge in [-0.15, -0.1) is 0 Å². The van der Waals surface area contributed by atoms with Gasteiger partial charge in [-0.3, -0.25) is 9.89 Å². The molecule has 0 spiro atoms. The number of rotatable bonds is 8. The van der Waals surface area contributed by atoms with Gasteiger partial charge in [-0.05, 0) is 37.2 Å². The molecule has 6 nitrogen and oxygen atoms in total. The van der Waals surface area contributed by atoms with Crippen LogP contribution in [0.15, 0.2) is 30.5 Å². The van der Waals surface area contributed by atoms with E-state index in [9.17, 15) is 4.79 Å². The number of H-pyrrole nitrogens is 1. The first-order valence-corrected chi connectivity index (χ1v) is 6.80. The highest BCUT2D eigenvalue weighted by Gasteiger charge is 2.07. The van der Waals surface area contributed by atoms with Crippen LogP contribution in [0.3, 0.4) is 0 Å². The molecule has 0 aliphatic rings. The van der Waals surface area contributed by atoms with E-state index in [0.29, 0.717) is 19.5 Å². The van der Waals surface area contributed by atoms with Gasteiger partial charge >= 0.3 is 5.97 Å². The fourth-order valence-electron chi connectivity index (χ4n) is 2.04. The number of aromatic nitrogens is 2. The molecule has 0 fully saturated rings. The first-order chi connectivity index (χ1) is 10.2. The van der Waals surface area contributed by atoms with E-state index in [1.165, 1.54) is 0 Å². The number of ether oxygens (including phenoxy) is 1. The Labute approximate surface area is 123 Å². The Morgan fingerprint density at radius 2 is 2.14 bits per heavy atom. The zero-order chi connectivity index (χ0) is 15.1. The van der Waals surface area contributed by atoms with Gasteiger partial charge in [-0.25, -0.2) is 0 Å².